The summed E-state index contributed by atoms with van der Waals surface area (Å²) in [6.45, 7) is 0. The minimum atomic E-state index is -2.74. The van der Waals surface area contributed by atoms with Crippen molar-refractivity contribution in [1.29, 1.82) is 0 Å². The van der Waals surface area contributed by atoms with Gasteiger partial charge in [-0.2, -0.15) is 9.61 Å². The molecular formula is C18H12F2N4O. The molecule has 0 bridgehead atoms. The van der Waals surface area contributed by atoms with Crippen LogP contribution in [0.5, 0.6) is 11.5 Å². The number of hydrogen-bond donors (Lipinski definition) is 0. The molecule has 0 atom stereocenters. The van der Waals surface area contributed by atoms with E-state index >= 15 is 0 Å². The molecule has 0 fully saturated rings. The number of ether oxygens (including phenoxy) is 1. The van der Waals surface area contributed by atoms with E-state index in [1.165, 1.54) is 0 Å². The molecule has 5 nitrogen and oxygen atoms in total. The van der Waals surface area contributed by atoms with E-state index in [1.54, 1.807) is 24.3 Å². The molecule has 2 aromatic heterocycles. The van der Waals surface area contributed by atoms with Crippen molar-refractivity contribution in [3.63, 3.8) is 0 Å². The summed E-state index contributed by atoms with van der Waals surface area (Å²) in [6, 6.07) is 20.0. The lowest BCUT2D eigenvalue weighted by atomic mass is 10.1. The van der Waals surface area contributed by atoms with Gasteiger partial charge in [0.1, 0.15) is 11.5 Å². The number of benzene rings is 2. The third kappa shape index (κ3) is 3.03. The van der Waals surface area contributed by atoms with E-state index in [4.69, 9.17) is 4.74 Å². The number of hydrogen-bond acceptors (Lipinski definition) is 4. The van der Waals surface area contributed by atoms with Gasteiger partial charge in [-0.1, -0.05) is 18.2 Å². The fraction of sp³-hybridized carbons (Fsp3) is 0.0556. The molecule has 124 valence electrons. The van der Waals surface area contributed by atoms with E-state index in [2.05, 4.69) is 15.3 Å². The fourth-order valence-corrected chi connectivity index (χ4v) is 2.41. The number of para-hydroxylation sites is 1. The average molecular weight is 338 g/mol. The summed E-state index contributed by atoms with van der Waals surface area (Å²) in [6.07, 6.45) is -2.74. The highest BCUT2D eigenvalue weighted by molar-refractivity contribution is 5.61. The summed E-state index contributed by atoms with van der Waals surface area (Å²) in [5, 5.41) is 11.4. The predicted octanol–water partition coefficient (Wildman–Crippen LogP) is 4.52. The van der Waals surface area contributed by atoms with E-state index in [-0.39, 0.29) is 5.65 Å². The van der Waals surface area contributed by atoms with Crippen molar-refractivity contribution in [2.24, 2.45) is 0 Å². The monoisotopic (exact) mass is 338 g/mol. The Morgan fingerprint density at radius 3 is 2.24 bits per heavy atom. The maximum Gasteiger partial charge on any atom is 0.299 e. The number of alkyl halides is 2. The first kappa shape index (κ1) is 15.2. The van der Waals surface area contributed by atoms with Crippen molar-refractivity contribution in [1.82, 2.24) is 19.8 Å². The summed E-state index contributed by atoms with van der Waals surface area (Å²) in [4.78, 5) is 0. The topological polar surface area (TPSA) is 52.3 Å². The first-order valence-electron chi connectivity index (χ1n) is 7.54. The van der Waals surface area contributed by atoms with Crippen LogP contribution >= 0.6 is 0 Å². The van der Waals surface area contributed by atoms with E-state index in [0.717, 1.165) is 15.8 Å². The van der Waals surface area contributed by atoms with Crippen LogP contribution in [0.25, 0.3) is 16.9 Å². The van der Waals surface area contributed by atoms with Gasteiger partial charge in [0.2, 0.25) is 5.82 Å². The highest BCUT2D eigenvalue weighted by atomic mass is 19.3. The average Bonchev–Trinajstić information content (AvgIpc) is 3.07. The lowest BCUT2D eigenvalue weighted by molar-refractivity contribution is 0.137. The molecule has 0 aliphatic heterocycles. The van der Waals surface area contributed by atoms with Crippen LogP contribution in [-0.4, -0.2) is 19.8 Å². The maximum atomic E-state index is 12.9. The Hall–Kier alpha value is -3.35. The molecule has 4 rings (SSSR count). The molecule has 0 radical (unpaired) electrons. The molecule has 25 heavy (non-hydrogen) atoms. The van der Waals surface area contributed by atoms with Gasteiger partial charge in [-0.25, -0.2) is 8.78 Å². The second-order valence-corrected chi connectivity index (χ2v) is 5.29. The summed E-state index contributed by atoms with van der Waals surface area (Å²) < 4.78 is 32.7. The minimum absolute atomic E-state index is 0.281. The first-order chi connectivity index (χ1) is 12.2. The highest BCUT2D eigenvalue weighted by Gasteiger charge is 2.17. The zero-order chi connectivity index (χ0) is 17.2. The Morgan fingerprint density at radius 1 is 0.800 bits per heavy atom. The van der Waals surface area contributed by atoms with Gasteiger partial charge in [0, 0.05) is 5.56 Å². The normalized spacial score (nSPS) is 11.2. The zero-order valence-corrected chi connectivity index (χ0v) is 12.9. The van der Waals surface area contributed by atoms with Gasteiger partial charge in [-0.3, -0.25) is 0 Å². The zero-order valence-electron chi connectivity index (χ0n) is 12.9. The van der Waals surface area contributed by atoms with Gasteiger partial charge >= 0.3 is 0 Å². The van der Waals surface area contributed by atoms with Crippen molar-refractivity contribution in [2.45, 2.75) is 6.43 Å². The van der Waals surface area contributed by atoms with Crippen LogP contribution in [0.1, 0.15) is 12.2 Å². The van der Waals surface area contributed by atoms with Gasteiger partial charge < -0.3 is 4.74 Å². The third-order valence-electron chi connectivity index (χ3n) is 3.61. The van der Waals surface area contributed by atoms with Crippen molar-refractivity contribution >= 4 is 5.65 Å². The molecule has 0 saturated carbocycles. The molecule has 2 heterocycles. The molecule has 4 aromatic rings. The van der Waals surface area contributed by atoms with E-state index < -0.39 is 12.2 Å². The second kappa shape index (κ2) is 6.27. The molecule has 0 saturated heterocycles. The van der Waals surface area contributed by atoms with Crippen LogP contribution < -0.4 is 4.74 Å². The lowest BCUT2D eigenvalue weighted by Gasteiger charge is -2.07. The van der Waals surface area contributed by atoms with Gasteiger partial charge in [-0.15, -0.1) is 10.2 Å². The Bertz CT molecular complexity index is 1000. The van der Waals surface area contributed by atoms with Crippen LogP contribution in [0, 0.1) is 0 Å². The van der Waals surface area contributed by atoms with Crippen molar-refractivity contribution in [2.75, 3.05) is 0 Å². The van der Waals surface area contributed by atoms with Crippen LogP contribution in [0.3, 0.4) is 0 Å². The van der Waals surface area contributed by atoms with Gasteiger partial charge in [-0.05, 0) is 48.5 Å². The van der Waals surface area contributed by atoms with Crippen molar-refractivity contribution in [3.05, 3.63) is 72.6 Å². The number of aromatic nitrogens is 4. The largest absolute Gasteiger partial charge is 0.457 e. The maximum absolute atomic E-state index is 12.9. The number of nitrogens with zero attached hydrogens (tertiary/aromatic N) is 4. The summed E-state index contributed by atoms with van der Waals surface area (Å²) in [7, 11) is 0. The Labute approximate surface area is 141 Å². The number of fused-ring (bicyclic) bond motifs is 1. The minimum Gasteiger partial charge on any atom is -0.457 e. The number of rotatable bonds is 4. The molecule has 7 heteroatoms. The Kier molecular flexibility index (Phi) is 3.81. The molecule has 0 aliphatic rings. The third-order valence-corrected chi connectivity index (χ3v) is 3.61. The van der Waals surface area contributed by atoms with Crippen LogP contribution in [0.4, 0.5) is 8.78 Å². The SMILES string of the molecule is FC(F)c1nnc2ccc(-c3ccc(Oc4ccccc4)cc3)nn12. The Morgan fingerprint density at radius 2 is 1.52 bits per heavy atom. The highest BCUT2D eigenvalue weighted by Crippen LogP contribution is 2.25. The summed E-state index contributed by atoms with van der Waals surface area (Å²) in [5.41, 5.74) is 1.60. The van der Waals surface area contributed by atoms with Crippen molar-refractivity contribution in [3.8, 4) is 22.8 Å². The fourth-order valence-electron chi connectivity index (χ4n) is 2.41. The second-order valence-electron chi connectivity index (χ2n) is 5.29. The van der Waals surface area contributed by atoms with E-state index in [1.807, 2.05) is 42.5 Å². The molecular weight excluding hydrogens is 326 g/mol. The van der Waals surface area contributed by atoms with Gasteiger partial charge in [0.15, 0.2) is 5.65 Å². The molecule has 2 aromatic carbocycles. The Balaban J connectivity index is 1.63. The van der Waals surface area contributed by atoms with Crippen molar-refractivity contribution < 1.29 is 13.5 Å². The number of halogens is 2. The van der Waals surface area contributed by atoms with Gasteiger partial charge in [0.05, 0.1) is 5.69 Å². The molecule has 0 unspecified atom stereocenters. The smallest absolute Gasteiger partial charge is 0.299 e. The quantitative estimate of drug-likeness (QED) is 0.549. The standard InChI is InChI=1S/C18H12F2N4O/c19-17(20)18-22-21-16-11-10-15(23-24(16)18)12-6-8-14(9-7-12)25-13-4-2-1-3-5-13/h1-11,17H. The molecule has 0 aliphatic carbocycles. The molecule has 0 amide bonds. The molecule has 0 spiro atoms. The lowest BCUT2D eigenvalue weighted by Crippen LogP contribution is -2.00. The molecule has 0 N–H and O–H groups in total. The van der Waals surface area contributed by atoms with Crippen LogP contribution in [0.15, 0.2) is 66.7 Å². The van der Waals surface area contributed by atoms with E-state index in [0.29, 0.717) is 11.4 Å². The summed E-state index contributed by atoms with van der Waals surface area (Å²) in [5.74, 6) is 0.940. The van der Waals surface area contributed by atoms with E-state index in [9.17, 15) is 8.78 Å². The van der Waals surface area contributed by atoms with Gasteiger partial charge in [0.25, 0.3) is 6.43 Å². The van der Waals surface area contributed by atoms with Crippen LogP contribution in [-0.2, 0) is 0 Å². The summed E-state index contributed by atoms with van der Waals surface area (Å²) >= 11 is 0. The predicted molar refractivity (Wildman–Crippen MR) is 87.7 cm³/mol. The first-order valence-corrected chi connectivity index (χ1v) is 7.54. The van der Waals surface area contributed by atoms with Crippen LogP contribution in [0.2, 0.25) is 0 Å².